The number of hydrogen-bond acceptors (Lipinski definition) is 4. The summed E-state index contributed by atoms with van der Waals surface area (Å²) in [7, 11) is 0. The third-order valence-corrected chi connectivity index (χ3v) is 4.85. The predicted molar refractivity (Wildman–Crippen MR) is 90.4 cm³/mol. The Hall–Kier alpha value is -1.98. The van der Waals surface area contributed by atoms with Crippen molar-refractivity contribution in [2.45, 2.75) is 33.4 Å². The van der Waals surface area contributed by atoms with Crippen LogP contribution in [0, 0.1) is 13.8 Å². The van der Waals surface area contributed by atoms with E-state index in [-0.39, 0.29) is 0 Å². The van der Waals surface area contributed by atoms with Gasteiger partial charge < -0.3 is 9.88 Å². The molecule has 0 saturated heterocycles. The fourth-order valence-electron chi connectivity index (χ4n) is 2.43. The third kappa shape index (κ3) is 3.10. The van der Waals surface area contributed by atoms with Crippen LogP contribution < -0.4 is 5.32 Å². The Morgan fingerprint density at radius 3 is 2.55 bits per heavy atom. The summed E-state index contributed by atoms with van der Waals surface area (Å²) in [5.41, 5.74) is 5.45. The molecule has 114 valence electrons. The van der Waals surface area contributed by atoms with Gasteiger partial charge >= 0.3 is 0 Å². The summed E-state index contributed by atoms with van der Waals surface area (Å²) in [5, 5.41) is 3.56. The lowest BCUT2D eigenvalue weighted by Crippen LogP contribution is -2.18. The predicted octanol–water partition coefficient (Wildman–Crippen LogP) is 3.80. The van der Waals surface area contributed by atoms with Crippen LogP contribution in [0.5, 0.6) is 0 Å². The Bertz CT molecular complexity index is 742. The molecule has 0 aliphatic carbocycles. The maximum atomic E-state index is 4.29. The first-order valence-corrected chi connectivity index (χ1v) is 8.26. The van der Waals surface area contributed by atoms with Gasteiger partial charge in [0, 0.05) is 35.5 Å². The molecule has 5 heteroatoms. The summed E-state index contributed by atoms with van der Waals surface area (Å²) in [6, 6.07) is 8.93. The van der Waals surface area contributed by atoms with Gasteiger partial charge in [0.15, 0.2) is 0 Å². The molecule has 0 fully saturated rings. The van der Waals surface area contributed by atoms with E-state index in [2.05, 4.69) is 58.0 Å². The number of thiazole rings is 1. The maximum Gasteiger partial charge on any atom is 0.110 e. The van der Waals surface area contributed by atoms with Crippen molar-refractivity contribution in [3.8, 4) is 5.69 Å². The summed E-state index contributed by atoms with van der Waals surface area (Å²) >= 11 is 1.71. The minimum absolute atomic E-state index is 0.305. The fraction of sp³-hybridized carbons (Fsp3) is 0.294. The Kier molecular flexibility index (Phi) is 4.36. The van der Waals surface area contributed by atoms with E-state index in [1.165, 1.54) is 10.4 Å². The molecule has 0 saturated carbocycles. The second kappa shape index (κ2) is 6.42. The molecule has 4 nitrogen and oxygen atoms in total. The van der Waals surface area contributed by atoms with E-state index in [9.17, 15) is 0 Å². The van der Waals surface area contributed by atoms with Crippen molar-refractivity contribution in [1.29, 1.82) is 0 Å². The monoisotopic (exact) mass is 312 g/mol. The summed E-state index contributed by atoms with van der Waals surface area (Å²) in [4.78, 5) is 9.85. The van der Waals surface area contributed by atoms with Crippen LogP contribution in [0.3, 0.4) is 0 Å². The average Bonchev–Trinajstić information content (AvgIpc) is 3.13. The van der Waals surface area contributed by atoms with Crippen LogP contribution in [0.4, 0.5) is 0 Å². The van der Waals surface area contributed by atoms with E-state index < -0.39 is 0 Å². The Labute approximate surface area is 134 Å². The second-order valence-electron chi connectivity index (χ2n) is 5.40. The second-order valence-corrected chi connectivity index (χ2v) is 6.34. The Morgan fingerprint density at radius 2 is 1.95 bits per heavy atom. The number of aryl methyl sites for hydroxylation is 2. The molecule has 1 unspecified atom stereocenters. The molecule has 1 N–H and O–H groups in total. The quantitative estimate of drug-likeness (QED) is 0.779. The normalized spacial score (nSPS) is 12.5. The van der Waals surface area contributed by atoms with Crippen LogP contribution >= 0.6 is 11.3 Å². The fourth-order valence-corrected chi connectivity index (χ4v) is 3.16. The van der Waals surface area contributed by atoms with Gasteiger partial charge in [-0.3, -0.25) is 0 Å². The molecule has 22 heavy (non-hydrogen) atoms. The highest BCUT2D eigenvalue weighted by atomic mass is 32.1. The van der Waals surface area contributed by atoms with Gasteiger partial charge in [-0.2, -0.15) is 0 Å². The summed E-state index contributed by atoms with van der Waals surface area (Å²) < 4.78 is 2.09. The van der Waals surface area contributed by atoms with Crippen LogP contribution in [0.25, 0.3) is 5.69 Å². The SMILES string of the molecule is Cc1ncsc1CNC(C)c1ccc(-n2ccnc2C)cc1. The molecule has 3 rings (SSSR count). The lowest BCUT2D eigenvalue weighted by atomic mass is 10.1. The van der Waals surface area contributed by atoms with Gasteiger partial charge in [0.1, 0.15) is 5.82 Å². The molecule has 0 radical (unpaired) electrons. The standard InChI is InChI=1S/C17H20N4S/c1-12(19-10-17-13(2)20-11-22-17)15-4-6-16(7-5-15)21-9-8-18-14(21)3/h4-9,11-12,19H,10H2,1-3H3. The highest BCUT2D eigenvalue weighted by Gasteiger charge is 2.08. The number of aromatic nitrogens is 3. The van der Waals surface area contributed by atoms with Crippen molar-refractivity contribution in [2.24, 2.45) is 0 Å². The van der Waals surface area contributed by atoms with E-state index in [0.717, 1.165) is 23.8 Å². The van der Waals surface area contributed by atoms with E-state index in [4.69, 9.17) is 0 Å². The highest BCUT2D eigenvalue weighted by molar-refractivity contribution is 7.09. The molecule has 2 heterocycles. The molecule has 1 aromatic carbocycles. The van der Waals surface area contributed by atoms with Crippen molar-refractivity contribution >= 4 is 11.3 Å². The van der Waals surface area contributed by atoms with Crippen molar-refractivity contribution in [3.63, 3.8) is 0 Å². The van der Waals surface area contributed by atoms with Gasteiger partial charge in [-0.05, 0) is 38.5 Å². The van der Waals surface area contributed by atoms with Crippen LogP contribution in [-0.4, -0.2) is 14.5 Å². The van der Waals surface area contributed by atoms with Crippen molar-refractivity contribution in [3.05, 3.63) is 64.1 Å². The zero-order valence-corrected chi connectivity index (χ0v) is 13.9. The topological polar surface area (TPSA) is 42.7 Å². The number of benzene rings is 1. The van der Waals surface area contributed by atoms with E-state index in [0.29, 0.717) is 6.04 Å². The van der Waals surface area contributed by atoms with Gasteiger partial charge in [0.05, 0.1) is 11.2 Å². The van der Waals surface area contributed by atoms with Gasteiger partial charge in [0.25, 0.3) is 0 Å². The number of nitrogens with one attached hydrogen (secondary N) is 1. The lowest BCUT2D eigenvalue weighted by Gasteiger charge is -2.15. The number of nitrogens with zero attached hydrogens (tertiary/aromatic N) is 3. The molecule has 0 bridgehead atoms. The van der Waals surface area contributed by atoms with Gasteiger partial charge in [-0.15, -0.1) is 11.3 Å². The largest absolute Gasteiger partial charge is 0.305 e. The summed E-state index contributed by atoms with van der Waals surface area (Å²) in [5.74, 6) is 1.000. The van der Waals surface area contributed by atoms with Crippen LogP contribution in [0.2, 0.25) is 0 Å². The molecule has 0 aliphatic heterocycles. The van der Waals surface area contributed by atoms with Crippen molar-refractivity contribution in [1.82, 2.24) is 19.9 Å². The first kappa shape index (κ1) is 14.9. The first-order chi connectivity index (χ1) is 10.6. The van der Waals surface area contributed by atoms with Crippen LogP contribution in [-0.2, 0) is 6.54 Å². The van der Waals surface area contributed by atoms with Crippen molar-refractivity contribution in [2.75, 3.05) is 0 Å². The number of imidazole rings is 1. The highest BCUT2D eigenvalue weighted by Crippen LogP contribution is 2.18. The molecule has 2 aromatic heterocycles. The average molecular weight is 312 g/mol. The van der Waals surface area contributed by atoms with Gasteiger partial charge in [0.2, 0.25) is 0 Å². The summed E-state index contributed by atoms with van der Waals surface area (Å²) in [6.45, 7) is 7.11. The first-order valence-electron chi connectivity index (χ1n) is 7.38. The number of rotatable bonds is 5. The molecule has 3 aromatic rings. The number of hydrogen-bond donors (Lipinski definition) is 1. The molecule has 0 spiro atoms. The van der Waals surface area contributed by atoms with Gasteiger partial charge in [-0.25, -0.2) is 9.97 Å². The molecular weight excluding hydrogens is 292 g/mol. The van der Waals surface area contributed by atoms with E-state index in [1.54, 1.807) is 11.3 Å². The zero-order chi connectivity index (χ0) is 15.5. The smallest absolute Gasteiger partial charge is 0.110 e. The minimum Gasteiger partial charge on any atom is -0.305 e. The third-order valence-electron chi connectivity index (χ3n) is 3.91. The lowest BCUT2D eigenvalue weighted by molar-refractivity contribution is 0.577. The maximum absolute atomic E-state index is 4.29. The molecule has 0 aliphatic rings. The zero-order valence-electron chi connectivity index (χ0n) is 13.1. The Morgan fingerprint density at radius 1 is 1.18 bits per heavy atom. The minimum atomic E-state index is 0.305. The summed E-state index contributed by atoms with van der Waals surface area (Å²) in [6.07, 6.45) is 3.81. The van der Waals surface area contributed by atoms with Gasteiger partial charge in [-0.1, -0.05) is 12.1 Å². The van der Waals surface area contributed by atoms with Crippen LogP contribution in [0.15, 0.2) is 42.2 Å². The van der Waals surface area contributed by atoms with E-state index >= 15 is 0 Å². The van der Waals surface area contributed by atoms with Crippen LogP contribution in [0.1, 0.15) is 34.9 Å². The molecule has 0 amide bonds. The molecular formula is C17H20N4S. The van der Waals surface area contributed by atoms with E-state index in [1.807, 2.05) is 24.8 Å². The molecule has 1 atom stereocenters. The Balaban J connectivity index is 1.67. The van der Waals surface area contributed by atoms with Crippen molar-refractivity contribution < 1.29 is 0 Å².